The van der Waals surface area contributed by atoms with E-state index in [1.165, 1.54) is 11.2 Å². The van der Waals surface area contributed by atoms with Crippen molar-refractivity contribution in [2.24, 2.45) is 17.5 Å². The second-order valence-electron chi connectivity index (χ2n) is 16.5. The van der Waals surface area contributed by atoms with E-state index in [9.17, 15) is 19.2 Å². The summed E-state index contributed by atoms with van der Waals surface area (Å²) in [5, 5.41) is 20.1. The third-order valence-corrected chi connectivity index (χ3v) is 13.9. The summed E-state index contributed by atoms with van der Waals surface area (Å²) in [7, 11) is 1.82. The lowest BCUT2D eigenvalue weighted by molar-refractivity contribution is -0.134. The lowest BCUT2D eigenvalue weighted by Gasteiger charge is -2.26. The molecule has 320 valence electrons. The molecule has 61 heavy (non-hydrogen) atoms. The van der Waals surface area contributed by atoms with E-state index >= 15 is 0 Å². The van der Waals surface area contributed by atoms with Crippen molar-refractivity contribution in [1.82, 2.24) is 45.2 Å². The fourth-order valence-corrected chi connectivity index (χ4v) is 10.3. The van der Waals surface area contributed by atoms with E-state index in [1.54, 1.807) is 15.9 Å². The minimum Gasteiger partial charge on any atom is -0.356 e. The van der Waals surface area contributed by atoms with E-state index in [0.717, 1.165) is 77.1 Å². The van der Waals surface area contributed by atoms with Gasteiger partial charge in [-0.1, -0.05) is 49.4 Å². The number of nitrogens with zero attached hydrogens (tertiary/aromatic N) is 8. The molecule has 4 amide bonds. The fraction of sp³-hybridized carbons (Fsp3) is 0.477. The van der Waals surface area contributed by atoms with Gasteiger partial charge in [-0.3, -0.25) is 34.1 Å². The molecule has 4 aromatic heterocycles. The Labute approximate surface area is 363 Å². The fourth-order valence-electron chi connectivity index (χ4n) is 8.91. The van der Waals surface area contributed by atoms with Crippen LogP contribution in [0.4, 0.5) is 5.82 Å². The second kappa shape index (κ2) is 17.9. The molecule has 8 rings (SSSR count). The van der Waals surface area contributed by atoms with Crippen LogP contribution < -0.4 is 20.9 Å². The molecule has 7 heterocycles. The van der Waals surface area contributed by atoms with E-state index in [4.69, 9.17) is 16.6 Å². The number of hydrogen-bond acceptors (Lipinski definition) is 11. The number of halogens is 1. The number of unbranched alkanes of at least 4 members (excludes halogenated alkanes) is 5. The first-order chi connectivity index (χ1) is 29.4. The van der Waals surface area contributed by atoms with Crippen molar-refractivity contribution in [1.29, 1.82) is 0 Å². The molecule has 1 spiro atoms. The van der Waals surface area contributed by atoms with E-state index in [2.05, 4.69) is 59.4 Å². The van der Waals surface area contributed by atoms with Crippen molar-refractivity contribution < 1.29 is 19.2 Å². The van der Waals surface area contributed by atoms with Crippen LogP contribution in [0.15, 0.2) is 41.7 Å². The van der Waals surface area contributed by atoms with Gasteiger partial charge in [-0.05, 0) is 76.6 Å². The number of fused-ring (bicyclic) bond motifs is 4. The van der Waals surface area contributed by atoms with Crippen molar-refractivity contribution >= 4 is 69.1 Å². The number of carbonyl (C=O) groups excluding carboxylic acids is 4. The molecule has 2 saturated heterocycles. The number of hydrogen-bond donors (Lipinski definition) is 3. The second-order valence-corrected chi connectivity index (χ2v) is 18.2. The maximum absolute atomic E-state index is 13.3. The van der Waals surface area contributed by atoms with Gasteiger partial charge < -0.3 is 20.1 Å². The molecule has 1 unspecified atom stereocenters. The van der Waals surface area contributed by atoms with Crippen LogP contribution in [-0.4, -0.2) is 84.8 Å². The number of amides is 4. The summed E-state index contributed by atoms with van der Waals surface area (Å²) >= 11 is 7.93. The van der Waals surface area contributed by atoms with Gasteiger partial charge in [-0.2, -0.15) is 0 Å². The van der Waals surface area contributed by atoms with Crippen molar-refractivity contribution in [3.05, 3.63) is 80.6 Å². The molecular formula is C44H52ClN11O4S. The molecule has 0 bridgehead atoms. The molecule has 2 fully saturated rings. The number of aliphatic imine (C=N–C) groups is 1. The maximum atomic E-state index is 13.3. The van der Waals surface area contributed by atoms with Crippen LogP contribution in [-0.2, 0) is 21.4 Å². The monoisotopic (exact) mass is 865 g/mol. The Morgan fingerprint density at radius 2 is 1.70 bits per heavy atom. The zero-order chi connectivity index (χ0) is 42.8. The van der Waals surface area contributed by atoms with Crippen LogP contribution in [0.2, 0.25) is 5.02 Å². The van der Waals surface area contributed by atoms with Gasteiger partial charge in [0.05, 0.1) is 22.9 Å². The summed E-state index contributed by atoms with van der Waals surface area (Å²) in [5.74, 6) is 1.45. The molecule has 3 aliphatic heterocycles. The van der Waals surface area contributed by atoms with Crippen molar-refractivity contribution in [3.8, 4) is 5.00 Å². The molecule has 0 aliphatic carbocycles. The summed E-state index contributed by atoms with van der Waals surface area (Å²) < 4.78 is 3.84. The predicted octanol–water partition coefficient (Wildman–Crippen LogP) is 6.38. The van der Waals surface area contributed by atoms with Crippen LogP contribution >= 0.6 is 22.9 Å². The van der Waals surface area contributed by atoms with Crippen molar-refractivity contribution in [2.45, 2.75) is 97.4 Å². The maximum Gasteiger partial charge on any atom is 0.267 e. The molecule has 1 aromatic carbocycles. The molecule has 0 radical (unpaired) electrons. The van der Waals surface area contributed by atoms with Gasteiger partial charge in [0, 0.05) is 60.7 Å². The zero-order valence-corrected chi connectivity index (χ0v) is 36.7. The number of nitrogens with one attached hydrogen (secondary N) is 3. The summed E-state index contributed by atoms with van der Waals surface area (Å²) in [6, 6.07) is 8.99. The van der Waals surface area contributed by atoms with E-state index in [-0.39, 0.29) is 30.0 Å². The largest absolute Gasteiger partial charge is 0.356 e. The quantitative estimate of drug-likeness (QED) is 0.0843. The number of aromatic nitrogens is 6. The number of carbonyl (C=O) groups is 4. The highest BCUT2D eigenvalue weighted by Gasteiger charge is 2.46. The molecule has 0 saturated carbocycles. The van der Waals surface area contributed by atoms with Gasteiger partial charge in [-0.15, -0.1) is 21.5 Å². The number of aryl methyl sites for hydroxylation is 3. The number of benzene rings is 1. The van der Waals surface area contributed by atoms with Crippen LogP contribution in [0, 0.1) is 26.2 Å². The number of rotatable bonds is 14. The summed E-state index contributed by atoms with van der Waals surface area (Å²) in [6.07, 6.45) is 9.75. The predicted molar refractivity (Wildman–Crippen MR) is 236 cm³/mol. The van der Waals surface area contributed by atoms with Gasteiger partial charge in [0.1, 0.15) is 40.4 Å². The molecule has 2 atom stereocenters. The average Bonchev–Trinajstić information content (AvgIpc) is 3.97. The van der Waals surface area contributed by atoms with Crippen molar-refractivity contribution in [3.63, 3.8) is 0 Å². The molecular weight excluding hydrogens is 814 g/mol. The molecule has 3 N–H and O–H groups in total. The highest BCUT2D eigenvalue weighted by molar-refractivity contribution is 7.15. The minimum atomic E-state index is -0.623. The van der Waals surface area contributed by atoms with E-state index in [1.807, 2.05) is 44.3 Å². The van der Waals surface area contributed by atoms with Crippen LogP contribution in [0.1, 0.15) is 120 Å². The third kappa shape index (κ3) is 8.56. The molecule has 3 aliphatic rings. The molecule has 17 heteroatoms. The Bertz CT molecular complexity index is 2530. The Morgan fingerprint density at radius 1 is 0.967 bits per heavy atom. The first-order valence-corrected chi connectivity index (χ1v) is 22.4. The SMILES string of the molecule is Cc1sc2c(c1C)C(c1ccc(Cl)cc1)=N[C@@H](CC(=O)NCCCCCCCCNC(=O)c1cc3c(N4CCC5(CCCC(=O)NC5=O)C4)ncnc3n1C)c1nnc(C)n1-2. The third-order valence-electron chi connectivity index (χ3n) is 12.4. The Morgan fingerprint density at radius 3 is 2.48 bits per heavy atom. The minimum absolute atomic E-state index is 0.0771. The first-order valence-electron chi connectivity index (χ1n) is 21.2. The van der Waals surface area contributed by atoms with Gasteiger partial charge in [0.2, 0.25) is 17.7 Å². The Kier molecular flexibility index (Phi) is 12.4. The highest BCUT2D eigenvalue weighted by Crippen LogP contribution is 2.42. The summed E-state index contributed by atoms with van der Waals surface area (Å²) in [5.41, 5.74) is 4.47. The van der Waals surface area contributed by atoms with Crippen LogP contribution in [0.5, 0.6) is 0 Å². The zero-order valence-electron chi connectivity index (χ0n) is 35.1. The topological polar surface area (TPSA) is 181 Å². The van der Waals surface area contributed by atoms with E-state index in [0.29, 0.717) is 79.9 Å². The normalized spacial score (nSPS) is 18.7. The number of anilines is 1. The van der Waals surface area contributed by atoms with E-state index < -0.39 is 11.5 Å². The van der Waals surface area contributed by atoms with Gasteiger partial charge in [-0.25, -0.2) is 9.97 Å². The number of imide groups is 1. The van der Waals surface area contributed by atoms with Crippen LogP contribution in [0.3, 0.4) is 0 Å². The molecule has 5 aromatic rings. The molecule has 15 nitrogen and oxygen atoms in total. The van der Waals surface area contributed by atoms with Gasteiger partial charge >= 0.3 is 0 Å². The smallest absolute Gasteiger partial charge is 0.267 e. The lowest BCUT2D eigenvalue weighted by Crippen LogP contribution is -2.43. The Balaban J connectivity index is 0.780. The Hall–Kier alpha value is -5.48. The van der Waals surface area contributed by atoms with Crippen molar-refractivity contribution in [2.75, 3.05) is 31.1 Å². The van der Waals surface area contributed by atoms with Gasteiger partial charge in [0.15, 0.2) is 5.82 Å². The first kappa shape index (κ1) is 42.2. The number of thiophene rings is 1. The average molecular weight is 866 g/mol. The lowest BCUT2D eigenvalue weighted by atomic mass is 9.82. The summed E-state index contributed by atoms with van der Waals surface area (Å²) in [6.45, 7) is 8.38. The standard InChI is InChI=1S/C44H52ClN11O4S/c1-26-27(2)61-42-36(26)37(29-13-15-30(45)16-14-29)50-32(40-53-52-28(3)56(40)42)23-35(58)46-19-9-7-5-6-8-10-20-47-41(59)33-22-31-38(54(33)4)48-25-49-39(31)55-21-18-44(24-55)17-11-12-34(57)51-43(44)60/h13-16,22,25,32H,5-12,17-21,23-24H2,1-4H3,(H,46,58)(H,47,59)(H,51,57,60)/t32-,44?/m0/s1. The highest BCUT2D eigenvalue weighted by atomic mass is 35.5. The summed E-state index contributed by atoms with van der Waals surface area (Å²) in [4.78, 5) is 69.1. The van der Waals surface area contributed by atoms with Gasteiger partial charge in [0.25, 0.3) is 5.91 Å². The van der Waals surface area contributed by atoms with Crippen LogP contribution in [0.25, 0.3) is 16.0 Å².